The summed E-state index contributed by atoms with van der Waals surface area (Å²) in [5.74, 6) is 1.75. The lowest BCUT2D eigenvalue weighted by atomic mass is 9.89. The van der Waals surface area contributed by atoms with Crippen LogP contribution in [0, 0.1) is 0 Å². The number of carbonyl (C=O) groups excluding carboxylic acids is 1. The minimum atomic E-state index is -1.33. The summed E-state index contributed by atoms with van der Waals surface area (Å²) in [4.78, 5) is 12.1. The topological polar surface area (TPSA) is 46.5 Å². The summed E-state index contributed by atoms with van der Waals surface area (Å²) >= 11 is 0. The maximum atomic E-state index is 12.1. The maximum absolute atomic E-state index is 12.1. The van der Waals surface area contributed by atoms with Crippen LogP contribution in [0.3, 0.4) is 0 Å². The highest BCUT2D eigenvalue weighted by Crippen LogP contribution is 2.49. The van der Waals surface area contributed by atoms with Crippen molar-refractivity contribution in [2.24, 2.45) is 0 Å². The molecule has 0 aliphatic carbocycles. The van der Waals surface area contributed by atoms with Crippen molar-refractivity contribution in [2.75, 3.05) is 18.6 Å². The van der Waals surface area contributed by atoms with Gasteiger partial charge < -0.3 is 9.84 Å². The van der Waals surface area contributed by atoms with Gasteiger partial charge in [0, 0.05) is 11.5 Å². The molecule has 0 spiro atoms. The number of esters is 1. The van der Waals surface area contributed by atoms with Crippen molar-refractivity contribution in [3.63, 3.8) is 0 Å². The van der Waals surface area contributed by atoms with Crippen molar-refractivity contribution >= 4 is 49.1 Å². The van der Waals surface area contributed by atoms with Crippen molar-refractivity contribution in [2.45, 2.75) is 41.8 Å². The molecule has 2 aliphatic heterocycles. The van der Waals surface area contributed by atoms with E-state index in [0.29, 0.717) is 0 Å². The molecule has 7 heteroatoms. The molecule has 0 amide bonds. The van der Waals surface area contributed by atoms with E-state index >= 15 is 0 Å². The fourth-order valence-electron chi connectivity index (χ4n) is 2.23. The average Bonchev–Trinajstić information content (AvgIpc) is 2.47. The summed E-state index contributed by atoms with van der Waals surface area (Å²) in [6.45, 7) is 0. The molecule has 3 nitrogen and oxygen atoms in total. The Labute approximate surface area is 124 Å². The first-order valence-electron chi connectivity index (χ1n) is 6.07. The van der Waals surface area contributed by atoms with E-state index in [2.05, 4.69) is 0 Å². The summed E-state index contributed by atoms with van der Waals surface area (Å²) in [6, 6.07) is 0. The summed E-state index contributed by atoms with van der Waals surface area (Å²) < 4.78 is 4.89. The zero-order valence-electron chi connectivity index (χ0n) is 10.3. The van der Waals surface area contributed by atoms with E-state index in [1.54, 1.807) is 43.2 Å². The van der Waals surface area contributed by atoms with E-state index in [1.165, 1.54) is 7.11 Å². The molecular formula is C11H18O3S4. The molecule has 2 saturated heterocycles. The summed E-state index contributed by atoms with van der Waals surface area (Å²) in [7, 11) is 8.18. The molecule has 0 radical (unpaired) electrons. The first kappa shape index (κ1) is 15.2. The lowest BCUT2D eigenvalue weighted by Crippen LogP contribution is -2.56. The van der Waals surface area contributed by atoms with E-state index in [4.69, 9.17) is 4.74 Å². The Balaban J connectivity index is 2.17. The van der Waals surface area contributed by atoms with Crippen LogP contribution in [0.25, 0.3) is 0 Å². The maximum Gasteiger partial charge on any atom is 0.340 e. The normalized spacial score (nSPS) is 32.6. The standard InChI is InChI=1S/C11H18O3S4/c1-14-10(12)11(13,8-4-2-6-15-17-8)9-5-3-7-16-18-9/h8-9,13H,2-7H2,1H3. The van der Waals surface area contributed by atoms with E-state index in [0.717, 1.165) is 37.2 Å². The van der Waals surface area contributed by atoms with E-state index in [-0.39, 0.29) is 10.5 Å². The van der Waals surface area contributed by atoms with Gasteiger partial charge in [0.2, 0.25) is 0 Å². The van der Waals surface area contributed by atoms with E-state index < -0.39 is 11.6 Å². The summed E-state index contributed by atoms with van der Waals surface area (Å²) in [6.07, 6.45) is 3.91. The van der Waals surface area contributed by atoms with Crippen molar-refractivity contribution in [3.8, 4) is 0 Å². The number of carbonyl (C=O) groups is 1. The molecule has 2 aliphatic rings. The number of hydrogen-bond acceptors (Lipinski definition) is 7. The van der Waals surface area contributed by atoms with E-state index in [9.17, 15) is 9.90 Å². The highest BCUT2D eigenvalue weighted by atomic mass is 33.1. The fourth-order valence-corrected chi connectivity index (χ4v) is 8.48. The quantitative estimate of drug-likeness (QED) is 0.632. The van der Waals surface area contributed by atoms with Gasteiger partial charge in [-0.05, 0) is 25.7 Å². The Kier molecular flexibility index (Phi) is 5.93. The van der Waals surface area contributed by atoms with Crippen LogP contribution < -0.4 is 0 Å². The third-order valence-electron chi connectivity index (χ3n) is 3.25. The molecule has 0 aromatic rings. The van der Waals surface area contributed by atoms with Gasteiger partial charge in [-0.25, -0.2) is 4.79 Å². The molecule has 2 unspecified atom stereocenters. The second-order valence-corrected chi connectivity index (χ2v) is 9.79. The third-order valence-corrected chi connectivity index (χ3v) is 9.30. The van der Waals surface area contributed by atoms with Gasteiger partial charge in [0.15, 0.2) is 5.60 Å². The molecule has 2 rings (SSSR count). The molecule has 0 bridgehead atoms. The highest BCUT2D eigenvalue weighted by Gasteiger charge is 2.53. The molecule has 0 aromatic carbocycles. The minimum absolute atomic E-state index is 0.0418. The second kappa shape index (κ2) is 7.02. The first-order chi connectivity index (χ1) is 8.69. The number of rotatable bonds is 3. The van der Waals surface area contributed by atoms with Crippen LogP contribution in [0.1, 0.15) is 25.7 Å². The predicted molar refractivity (Wildman–Crippen MR) is 83.1 cm³/mol. The van der Waals surface area contributed by atoms with Crippen LogP contribution in [-0.4, -0.2) is 45.8 Å². The zero-order chi connectivity index (χ0) is 13.0. The Hall–Kier alpha value is 0.830. The molecule has 104 valence electrons. The van der Waals surface area contributed by atoms with Crippen LogP contribution >= 0.6 is 43.2 Å². The molecule has 2 heterocycles. The first-order valence-corrected chi connectivity index (χ1v) is 10.8. The van der Waals surface area contributed by atoms with E-state index in [1.807, 2.05) is 0 Å². The van der Waals surface area contributed by atoms with Crippen LogP contribution in [-0.2, 0) is 9.53 Å². The van der Waals surface area contributed by atoms with Gasteiger partial charge in [-0.2, -0.15) is 0 Å². The fraction of sp³-hybridized carbons (Fsp3) is 0.909. The summed E-state index contributed by atoms with van der Waals surface area (Å²) in [5, 5.41) is 10.9. The number of methoxy groups -OCH3 is 1. The molecule has 2 atom stereocenters. The minimum Gasteiger partial charge on any atom is -0.467 e. The van der Waals surface area contributed by atoms with Crippen LogP contribution in [0.2, 0.25) is 0 Å². The van der Waals surface area contributed by atoms with Crippen LogP contribution in [0.4, 0.5) is 0 Å². The zero-order valence-corrected chi connectivity index (χ0v) is 13.6. The van der Waals surface area contributed by atoms with Crippen molar-refractivity contribution < 1.29 is 14.6 Å². The van der Waals surface area contributed by atoms with Gasteiger partial charge in [0.25, 0.3) is 0 Å². The molecular weight excluding hydrogens is 308 g/mol. The third kappa shape index (κ3) is 3.11. The Morgan fingerprint density at radius 2 is 1.67 bits per heavy atom. The predicted octanol–water partition coefficient (Wildman–Crippen LogP) is 2.98. The van der Waals surface area contributed by atoms with Gasteiger partial charge in [0.1, 0.15) is 0 Å². The molecule has 2 fully saturated rings. The number of ether oxygens (including phenoxy) is 1. The van der Waals surface area contributed by atoms with Crippen LogP contribution in [0.5, 0.6) is 0 Å². The largest absolute Gasteiger partial charge is 0.467 e. The van der Waals surface area contributed by atoms with Gasteiger partial charge >= 0.3 is 5.97 Å². The number of aliphatic hydroxyl groups is 1. The monoisotopic (exact) mass is 326 g/mol. The van der Waals surface area contributed by atoms with Crippen molar-refractivity contribution in [1.82, 2.24) is 0 Å². The lowest BCUT2D eigenvalue weighted by Gasteiger charge is -2.41. The van der Waals surface area contributed by atoms with Gasteiger partial charge in [-0.1, -0.05) is 43.2 Å². The Morgan fingerprint density at radius 1 is 1.17 bits per heavy atom. The smallest absolute Gasteiger partial charge is 0.340 e. The molecule has 18 heavy (non-hydrogen) atoms. The lowest BCUT2D eigenvalue weighted by molar-refractivity contribution is -0.162. The number of hydrogen-bond donors (Lipinski definition) is 1. The highest BCUT2D eigenvalue weighted by molar-refractivity contribution is 8.77. The Morgan fingerprint density at radius 3 is 2.00 bits per heavy atom. The second-order valence-electron chi connectivity index (χ2n) is 4.42. The molecule has 0 saturated carbocycles. The van der Waals surface area contributed by atoms with Gasteiger partial charge in [-0.15, -0.1) is 0 Å². The SMILES string of the molecule is COC(=O)C(O)(C1CCCSS1)C1CCCSS1. The van der Waals surface area contributed by atoms with Crippen molar-refractivity contribution in [1.29, 1.82) is 0 Å². The molecule has 1 N–H and O–H groups in total. The van der Waals surface area contributed by atoms with Crippen LogP contribution in [0.15, 0.2) is 0 Å². The summed E-state index contributed by atoms with van der Waals surface area (Å²) in [5.41, 5.74) is -1.33. The molecule has 0 aromatic heterocycles. The van der Waals surface area contributed by atoms with Gasteiger partial charge in [0.05, 0.1) is 17.6 Å². The van der Waals surface area contributed by atoms with Crippen molar-refractivity contribution in [3.05, 3.63) is 0 Å². The van der Waals surface area contributed by atoms with Gasteiger partial charge in [-0.3, -0.25) is 0 Å². The average molecular weight is 327 g/mol. The Bertz CT molecular complexity index is 270.